The predicted molar refractivity (Wildman–Crippen MR) is 139 cm³/mol. The number of amides is 2. The first-order chi connectivity index (χ1) is 17.1. The van der Waals surface area contributed by atoms with E-state index in [2.05, 4.69) is 10.6 Å². The number of carbonyl (C=O) groups is 2. The number of rotatable bonds is 3. The van der Waals surface area contributed by atoms with Crippen LogP contribution in [-0.4, -0.2) is 16.9 Å². The highest BCUT2D eigenvalue weighted by Crippen LogP contribution is 2.51. The van der Waals surface area contributed by atoms with E-state index in [9.17, 15) is 14.7 Å². The first-order valence-electron chi connectivity index (χ1n) is 11.5. The van der Waals surface area contributed by atoms with Crippen molar-refractivity contribution in [2.24, 2.45) is 5.41 Å². The minimum Gasteiger partial charge on any atom is -0.506 e. The lowest BCUT2D eigenvalue weighted by atomic mass is 9.73. The van der Waals surface area contributed by atoms with Gasteiger partial charge in [0.15, 0.2) is 5.78 Å². The standard InChI is InChI=1S/C27H25Cl2N3O4/c1-27(2)11-19-23(22(34)12-27)25(17-7-6-16(28)10-18(17)29)32(20-4-3-5-21(33)24(20)31-19)26(35)30-13-15-8-9-36-14-15/h3-10,14,25,31,33H,11-13H2,1-2H3,(H,30,35). The average Bonchev–Trinajstić information content (AvgIpc) is 3.27. The van der Waals surface area contributed by atoms with Gasteiger partial charge in [0.2, 0.25) is 0 Å². The van der Waals surface area contributed by atoms with E-state index in [4.69, 9.17) is 27.6 Å². The molecule has 3 aromatic rings. The molecule has 9 heteroatoms. The van der Waals surface area contributed by atoms with Gasteiger partial charge in [0.05, 0.1) is 24.3 Å². The van der Waals surface area contributed by atoms with Crippen molar-refractivity contribution in [3.63, 3.8) is 0 Å². The normalized spacial score (nSPS) is 18.7. The third kappa shape index (κ3) is 4.45. The summed E-state index contributed by atoms with van der Waals surface area (Å²) in [5.74, 6) is -0.129. The van der Waals surface area contributed by atoms with Gasteiger partial charge in [-0.1, -0.05) is 49.2 Å². The maximum Gasteiger partial charge on any atom is 0.323 e. The smallest absolute Gasteiger partial charge is 0.323 e. The van der Waals surface area contributed by atoms with Crippen LogP contribution in [0.15, 0.2) is 70.7 Å². The number of phenols is 1. The topological polar surface area (TPSA) is 94.8 Å². The Morgan fingerprint density at radius 3 is 2.75 bits per heavy atom. The summed E-state index contributed by atoms with van der Waals surface area (Å²) in [6.45, 7) is 4.25. The molecule has 7 nitrogen and oxygen atoms in total. The molecule has 1 aliphatic carbocycles. The van der Waals surface area contributed by atoms with Crippen LogP contribution in [0.1, 0.15) is 43.9 Å². The molecule has 3 N–H and O–H groups in total. The number of phenolic OH excluding ortho intramolecular Hbond substituents is 1. The number of carbonyl (C=O) groups excluding carboxylic acids is 2. The number of hydrogen-bond acceptors (Lipinski definition) is 5. The Kier molecular flexibility index (Phi) is 6.22. The molecule has 1 aliphatic heterocycles. The maximum atomic E-state index is 13.9. The number of aromatic hydroxyl groups is 1. The average molecular weight is 526 g/mol. The minimum atomic E-state index is -0.853. The second-order valence-corrected chi connectivity index (χ2v) is 10.7. The molecule has 1 unspecified atom stereocenters. The van der Waals surface area contributed by atoms with Crippen molar-refractivity contribution < 1.29 is 19.1 Å². The third-order valence-electron chi connectivity index (χ3n) is 6.51. The number of benzene rings is 2. The van der Waals surface area contributed by atoms with Gasteiger partial charge in [-0.3, -0.25) is 9.69 Å². The molecule has 0 saturated carbocycles. The zero-order valence-corrected chi connectivity index (χ0v) is 21.3. The monoisotopic (exact) mass is 525 g/mol. The lowest BCUT2D eigenvalue weighted by molar-refractivity contribution is -0.118. The van der Waals surface area contributed by atoms with Gasteiger partial charge < -0.3 is 20.2 Å². The van der Waals surface area contributed by atoms with Crippen LogP contribution in [0.2, 0.25) is 10.0 Å². The number of nitrogens with one attached hydrogen (secondary N) is 2. The molecule has 0 spiro atoms. The second kappa shape index (κ2) is 9.22. The van der Waals surface area contributed by atoms with Crippen LogP contribution in [0.5, 0.6) is 5.75 Å². The van der Waals surface area contributed by atoms with E-state index in [1.807, 2.05) is 13.8 Å². The molecule has 1 atom stereocenters. The number of halogens is 2. The lowest BCUT2D eigenvalue weighted by Gasteiger charge is -2.37. The summed E-state index contributed by atoms with van der Waals surface area (Å²) >= 11 is 12.9. The quantitative estimate of drug-likeness (QED) is 0.326. The molecule has 0 fully saturated rings. The van der Waals surface area contributed by atoms with E-state index in [0.29, 0.717) is 51.1 Å². The van der Waals surface area contributed by atoms with E-state index in [1.54, 1.807) is 48.7 Å². The maximum absolute atomic E-state index is 13.9. The molecule has 2 heterocycles. The highest BCUT2D eigenvalue weighted by molar-refractivity contribution is 6.35. The lowest BCUT2D eigenvalue weighted by Crippen LogP contribution is -2.44. The summed E-state index contributed by atoms with van der Waals surface area (Å²) in [4.78, 5) is 29.1. The molecular weight excluding hydrogens is 501 g/mol. The molecule has 1 aromatic heterocycles. The number of nitrogens with zero attached hydrogens (tertiary/aromatic N) is 1. The number of fused-ring (bicyclic) bond motifs is 1. The van der Waals surface area contributed by atoms with Crippen LogP contribution in [-0.2, 0) is 11.3 Å². The Morgan fingerprint density at radius 1 is 1.22 bits per heavy atom. The van der Waals surface area contributed by atoms with Crippen LogP contribution >= 0.6 is 23.2 Å². The zero-order chi connectivity index (χ0) is 25.6. The predicted octanol–water partition coefficient (Wildman–Crippen LogP) is 6.82. The van der Waals surface area contributed by atoms with Gasteiger partial charge in [0.25, 0.3) is 0 Å². The largest absolute Gasteiger partial charge is 0.506 e. The van der Waals surface area contributed by atoms with Crippen LogP contribution in [0.25, 0.3) is 0 Å². The fourth-order valence-electron chi connectivity index (χ4n) is 4.94. The fourth-order valence-corrected chi connectivity index (χ4v) is 5.45. The van der Waals surface area contributed by atoms with E-state index in [-0.39, 0.29) is 23.5 Å². The first kappa shape index (κ1) is 24.3. The van der Waals surface area contributed by atoms with E-state index in [1.165, 1.54) is 11.2 Å². The number of furan rings is 1. The fraction of sp³-hybridized carbons (Fsp3) is 0.259. The van der Waals surface area contributed by atoms with Gasteiger partial charge in [-0.15, -0.1) is 0 Å². The number of para-hydroxylation sites is 1. The van der Waals surface area contributed by atoms with Crippen LogP contribution in [0.3, 0.4) is 0 Å². The van der Waals surface area contributed by atoms with Gasteiger partial charge in [-0.25, -0.2) is 4.79 Å². The highest BCUT2D eigenvalue weighted by Gasteiger charge is 2.44. The Bertz CT molecular complexity index is 1380. The van der Waals surface area contributed by atoms with Crippen molar-refractivity contribution in [3.05, 3.63) is 87.4 Å². The molecule has 186 valence electrons. The van der Waals surface area contributed by atoms with E-state index >= 15 is 0 Å². The molecule has 0 bridgehead atoms. The first-order valence-corrected chi connectivity index (χ1v) is 12.3. The van der Waals surface area contributed by atoms with Crippen molar-refractivity contribution in [2.45, 2.75) is 39.3 Å². The SMILES string of the molecule is CC1(C)CC(=O)C2=C(C1)Nc1c(O)cccc1N(C(=O)NCc1ccoc1)C2c1ccc(Cl)cc1Cl. The van der Waals surface area contributed by atoms with Crippen molar-refractivity contribution in [1.82, 2.24) is 5.32 Å². The summed E-state index contributed by atoms with van der Waals surface area (Å²) in [7, 11) is 0. The Morgan fingerprint density at radius 2 is 2.03 bits per heavy atom. The van der Waals surface area contributed by atoms with E-state index in [0.717, 1.165) is 5.56 Å². The van der Waals surface area contributed by atoms with Crippen molar-refractivity contribution in [1.29, 1.82) is 0 Å². The van der Waals surface area contributed by atoms with Gasteiger partial charge in [0, 0.05) is 39.8 Å². The Hall–Kier alpha value is -3.42. The summed E-state index contributed by atoms with van der Waals surface area (Å²) < 4.78 is 5.12. The highest BCUT2D eigenvalue weighted by atomic mass is 35.5. The molecule has 0 radical (unpaired) electrons. The van der Waals surface area contributed by atoms with Crippen molar-refractivity contribution in [3.8, 4) is 5.75 Å². The number of Topliss-reactive ketones (excluding diaryl/α,β-unsaturated/α-hetero) is 1. The molecule has 2 aromatic carbocycles. The summed E-state index contributed by atoms with van der Waals surface area (Å²) in [6.07, 6.45) is 3.93. The number of anilines is 2. The zero-order valence-electron chi connectivity index (χ0n) is 19.8. The Labute approximate surface area is 218 Å². The van der Waals surface area contributed by atoms with Gasteiger partial charge >= 0.3 is 6.03 Å². The van der Waals surface area contributed by atoms with Crippen LogP contribution in [0, 0.1) is 5.41 Å². The Balaban J connectivity index is 1.73. The van der Waals surface area contributed by atoms with Gasteiger partial charge in [0.1, 0.15) is 11.4 Å². The number of allylic oxidation sites excluding steroid dienone is 1. The van der Waals surface area contributed by atoms with Crippen molar-refractivity contribution in [2.75, 3.05) is 10.2 Å². The number of ketones is 1. The summed E-state index contributed by atoms with van der Waals surface area (Å²) in [5.41, 5.74) is 2.88. The minimum absolute atomic E-state index is 0.0364. The summed E-state index contributed by atoms with van der Waals surface area (Å²) in [6, 6.07) is 10.4. The molecule has 5 rings (SSSR count). The van der Waals surface area contributed by atoms with Crippen molar-refractivity contribution >= 4 is 46.4 Å². The molecule has 2 aliphatic rings. The molecular formula is C27H25Cl2N3O4. The molecule has 0 saturated heterocycles. The molecule has 36 heavy (non-hydrogen) atoms. The summed E-state index contributed by atoms with van der Waals surface area (Å²) in [5, 5.41) is 17.8. The number of urea groups is 1. The number of hydrogen-bond donors (Lipinski definition) is 3. The third-order valence-corrected chi connectivity index (χ3v) is 7.07. The van der Waals surface area contributed by atoms with E-state index < -0.39 is 12.1 Å². The van der Waals surface area contributed by atoms with Crippen LogP contribution in [0.4, 0.5) is 16.2 Å². The second-order valence-electron chi connectivity index (χ2n) is 9.86. The molecule has 2 amide bonds. The van der Waals surface area contributed by atoms with Gasteiger partial charge in [-0.2, -0.15) is 0 Å². The van der Waals surface area contributed by atoms with Crippen LogP contribution < -0.4 is 15.5 Å². The van der Waals surface area contributed by atoms with Gasteiger partial charge in [-0.05, 0) is 47.7 Å².